The Morgan fingerprint density at radius 2 is 1.97 bits per heavy atom. The van der Waals surface area contributed by atoms with Crippen molar-refractivity contribution in [3.8, 4) is 17.3 Å². The second kappa shape index (κ2) is 8.80. The van der Waals surface area contributed by atoms with E-state index in [-0.39, 0.29) is 5.91 Å². The van der Waals surface area contributed by atoms with E-state index in [2.05, 4.69) is 46.6 Å². The van der Waals surface area contributed by atoms with E-state index >= 15 is 0 Å². The van der Waals surface area contributed by atoms with Crippen molar-refractivity contribution < 1.29 is 4.79 Å². The third-order valence-electron chi connectivity index (χ3n) is 6.53. The molecule has 1 aromatic carbocycles. The minimum atomic E-state index is -0.422. The fourth-order valence-corrected chi connectivity index (χ4v) is 4.26. The van der Waals surface area contributed by atoms with Crippen molar-refractivity contribution in [1.82, 2.24) is 29.9 Å². The fourth-order valence-electron chi connectivity index (χ4n) is 4.26. The molecule has 0 radical (unpaired) electrons. The highest BCUT2D eigenvalue weighted by molar-refractivity contribution is 6.05. The number of imidazole rings is 1. The summed E-state index contributed by atoms with van der Waals surface area (Å²) < 4.78 is 0. The lowest BCUT2D eigenvalue weighted by molar-refractivity contribution is 0.102. The van der Waals surface area contributed by atoms with Crippen LogP contribution in [0.5, 0.6) is 0 Å². The lowest BCUT2D eigenvalue weighted by Crippen LogP contribution is -2.14. The molecule has 1 aliphatic carbocycles. The Labute approximate surface area is 211 Å². The normalized spacial score (nSPS) is 13.6. The molecule has 5 aromatic rings. The van der Waals surface area contributed by atoms with Crippen molar-refractivity contribution in [1.29, 1.82) is 5.26 Å². The SMILES string of the molecule is Cc1ncc(C(=O)Nc2cccc(C3(C#N)CC3)c2)cc1Nc1ncccc1-c1ncnc2nc[nH]c12. The Hall–Kier alpha value is -5.17. The highest BCUT2D eigenvalue weighted by Gasteiger charge is 2.44. The van der Waals surface area contributed by atoms with Crippen molar-refractivity contribution >= 4 is 34.3 Å². The summed E-state index contributed by atoms with van der Waals surface area (Å²) in [5.41, 5.74) is 5.53. The van der Waals surface area contributed by atoms with Gasteiger partial charge in [0.15, 0.2) is 5.65 Å². The fraction of sp³-hybridized carbons (Fsp3) is 0.148. The van der Waals surface area contributed by atoms with Crippen LogP contribution in [0.3, 0.4) is 0 Å². The summed E-state index contributed by atoms with van der Waals surface area (Å²) >= 11 is 0. The monoisotopic (exact) mass is 487 g/mol. The standard InChI is InChI=1S/C27H21N9O/c1-16-21(36-24-20(6-3-9-29-24)22-23-25(33-14-31-22)34-15-32-23)10-17(12-30-16)26(37)35-19-5-2-4-18(11-19)27(13-28)7-8-27/h2-6,9-12,14-15H,7-8H2,1H3,(H,29,36)(H,35,37)(H,31,32,33,34). The van der Waals surface area contributed by atoms with Gasteiger partial charge in [0.05, 0.1) is 34.8 Å². The predicted molar refractivity (Wildman–Crippen MR) is 138 cm³/mol. The number of carbonyl (C=O) groups is 1. The van der Waals surface area contributed by atoms with Crippen molar-refractivity contribution in [3.63, 3.8) is 0 Å². The van der Waals surface area contributed by atoms with E-state index < -0.39 is 5.41 Å². The maximum atomic E-state index is 13.1. The summed E-state index contributed by atoms with van der Waals surface area (Å²) in [7, 11) is 0. The van der Waals surface area contributed by atoms with Gasteiger partial charge in [0.2, 0.25) is 0 Å². The van der Waals surface area contributed by atoms with Crippen LogP contribution in [-0.4, -0.2) is 35.8 Å². The summed E-state index contributed by atoms with van der Waals surface area (Å²) in [6.45, 7) is 1.85. The molecule has 4 aromatic heterocycles. The van der Waals surface area contributed by atoms with Crippen molar-refractivity contribution in [2.75, 3.05) is 10.6 Å². The second-order valence-electron chi connectivity index (χ2n) is 8.93. The number of carbonyl (C=O) groups excluding carboxylic acids is 1. The summed E-state index contributed by atoms with van der Waals surface area (Å²) in [6, 6.07) is 15.3. The molecule has 0 spiro atoms. The molecule has 1 aliphatic rings. The number of H-pyrrole nitrogens is 1. The van der Waals surface area contributed by atoms with Crippen LogP contribution in [-0.2, 0) is 5.41 Å². The first kappa shape index (κ1) is 22.3. The van der Waals surface area contributed by atoms with Crippen LogP contribution in [0.2, 0.25) is 0 Å². The highest BCUT2D eigenvalue weighted by Crippen LogP contribution is 2.48. The Bertz CT molecular complexity index is 1700. The molecule has 4 heterocycles. The van der Waals surface area contributed by atoms with Crippen LogP contribution < -0.4 is 10.6 Å². The number of fused-ring (bicyclic) bond motifs is 1. The number of nitriles is 1. The molecule has 0 saturated heterocycles. The number of nitrogens with zero attached hydrogens (tertiary/aromatic N) is 6. The summed E-state index contributed by atoms with van der Waals surface area (Å²) in [5.74, 6) is 0.254. The Morgan fingerprint density at radius 3 is 2.81 bits per heavy atom. The first-order chi connectivity index (χ1) is 18.1. The van der Waals surface area contributed by atoms with Gasteiger partial charge in [0, 0.05) is 23.6 Å². The van der Waals surface area contributed by atoms with Gasteiger partial charge in [-0.25, -0.2) is 19.9 Å². The van der Waals surface area contributed by atoms with Gasteiger partial charge < -0.3 is 15.6 Å². The largest absolute Gasteiger partial charge is 0.341 e. The van der Waals surface area contributed by atoms with Crippen LogP contribution in [0.1, 0.15) is 34.5 Å². The molecule has 1 fully saturated rings. The topological polar surface area (TPSA) is 145 Å². The number of anilines is 3. The molecule has 180 valence electrons. The lowest BCUT2D eigenvalue weighted by Gasteiger charge is -2.14. The quantitative estimate of drug-likeness (QED) is 0.313. The molecule has 0 aliphatic heterocycles. The second-order valence-corrected chi connectivity index (χ2v) is 8.93. The van der Waals surface area contributed by atoms with E-state index in [4.69, 9.17) is 0 Å². The Balaban J connectivity index is 1.28. The summed E-state index contributed by atoms with van der Waals surface area (Å²) in [6.07, 6.45) is 7.93. The number of amides is 1. The number of aromatic amines is 1. The van der Waals surface area contributed by atoms with E-state index in [0.717, 1.165) is 24.0 Å². The third kappa shape index (κ3) is 4.12. The van der Waals surface area contributed by atoms with Gasteiger partial charge in [0.1, 0.15) is 23.4 Å². The molecule has 10 nitrogen and oxygen atoms in total. The molecule has 0 unspecified atom stereocenters. The zero-order valence-corrected chi connectivity index (χ0v) is 19.9. The van der Waals surface area contributed by atoms with E-state index in [1.807, 2.05) is 43.3 Å². The number of nitrogens with one attached hydrogen (secondary N) is 3. The van der Waals surface area contributed by atoms with Gasteiger partial charge in [0.25, 0.3) is 5.91 Å². The van der Waals surface area contributed by atoms with Crippen molar-refractivity contribution in [2.45, 2.75) is 25.2 Å². The van der Waals surface area contributed by atoms with Crippen LogP contribution in [0, 0.1) is 18.3 Å². The summed E-state index contributed by atoms with van der Waals surface area (Å²) in [5, 5.41) is 15.7. The molecule has 6 rings (SSSR count). The van der Waals surface area contributed by atoms with E-state index in [9.17, 15) is 10.1 Å². The highest BCUT2D eigenvalue weighted by atomic mass is 16.1. The van der Waals surface area contributed by atoms with Crippen LogP contribution in [0.15, 0.2) is 67.5 Å². The molecule has 1 amide bonds. The minimum absolute atomic E-state index is 0.300. The minimum Gasteiger partial charge on any atom is -0.341 e. The van der Waals surface area contributed by atoms with Gasteiger partial charge in [-0.2, -0.15) is 5.26 Å². The van der Waals surface area contributed by atoms with E-state index in [0.29, 0.717) is 45.3 Å². The number of hydrogen-bond donors (Lipinski definition) is 3. The first-order valence-electron chi connectivity index (χ1n) is 11.7. The van der Waals surface area contributed by atoms with Gasteiger partial charge in [-0.1, -0.05) is 12.1 Å². The zero-order chi connectivity index (χ0) is 25.4. The number of benzene rings is 1. The molecule has 37 heavy (non-hydrogen) atoms. The molecular weight excluding hydrogens is 466 g/mol. The predicted octanol–water partition coefficient (Wildman–Crippen LogP) is 4.67. The zero-order valence-electron chi connectivity index (χ0n) is 19.9. The molecule has 1 saturated carbocycles. The average molecular weight is 488 g/mol. The molecular formula is C27H21N9O. The van der Waals surface area contributed by atoms with Crippen LogP contribution in [0.25, 0.3) is 22.4 Å². The smallest absolute Gasteiger partial charge is 0.257 e. The first-order valence-corrected chi connectivity index (χ1v) is 11.7. The van der Waals surface area contributed by atoms with Gasteiger partial charge in [-0.3, -0.25) is 9.78 Å². The third-order valence-corrected chi connectivity index (χ3v) is 6.53. The number of rotatable bonds is 6. The summed E-state index contributed by atoms with van der Waals surface area (Å²) in [4.78, 5) is 37.9. The number of pyridine rings is 2. The molecule has 0 bridgehead atoms. The van der Waals surface area contributed by atoms with Gasteiger partial charge in [-0.15, -0.1) is 0 Å². The Kier molecular flexibility index (Phi) is 5.31. The van der Waals surface area contributed by atoms with Crippen LogP contribution in [0.4, 0.5) is 17.2 Å². The number of aromatic nitrogens is 6. The lowest BCUT2D eigenvalue weighted by atomic mass is 9.97. The van der Waals surface area contributed by atoms with Gasteiger partial charge >= 0.3 is 0 Å². The number of hydrogen-bond acceptors (Lipinski definition) is 8. The van der Waals surface area contributed by atoms with Crippen LogP contribution >= 0.6 is 0 Å². The maximum Gasteiger partial charge on any atom is 0.257 e. The molecule has 0 atom stereocenters. The van der Waals surface area contributed by atoms with Gasteiger partial charge in [-0.05, 0) is 55.7 Å². The van der Waals surface area contributed by atoms with Crippen molar-refractivity contribution in [3.05, 3.63) is 84.3 Å². The van der Waals surface area contributed by atoms with E-state index in [1.165, 1.54) is 12.5 Å². The van der Waals surface area contributed by atoms with E-state index in [1.54, 1.807) is 18.6 Å². The Morgan fingerprint density at radius 1 is 1.08 bits per heavy atom. The molecule has 3 N–H and O–H groups in total. The maximum absolute atomic E-state index is 13.1. The molecule has 10 heteroatoms. The van der Waals surface area contributed by atoms with Crippen molar-refractivity contribution in [2.24, 2.45) is 0 Å². The number of aryl methyl sites for hydroxylation is 1. The average Bonchev–Trinajstić information content (AvgIpc) is 3.58.